The molecule has 0 bridgehead atoms. The van der Waals surface area contributed by atoms with Gasteiger partial charge in [-0.1, -0.05) is 18.2 Å². The Hall–Kier alpha value is -2.56. The Labute approximate surface area is 142 Å². The zero-order valence-corrected chi connectivity index (χ0v) is 14.7. The summed E-state index contributed by atoms with van der Waals surface area (Å²) in [4.78, 5) is 25.1. The molecule has 0 spiro atoms. The number of benzene rings is 2. The van der Waals surface area contributed by atoms with E-state index < -0.39 is 17.7 Å². The average molecular weight is 329 g/mol. The molecule has 5 nitrogen and oxygen atoms in total. The minimum Gasteiger partial charge on any atom is -0.497 e. The summed E-state index contributed by atoms with van der Waals surface area (Å²) in [7, 11) is 3.18. The van der Waals surface area contributed by atoms with E-state index in [1.807, 2.05) is 36.4 Å². The lowest BCUT2D eigenvalue weighted by Crippen LogP contribution is -2.37. The van der Waals surface area contributed by atoms with Crippen LogP contribution in [0.1, 0.15) is 32.4 Å². The van der Waals surface area contributed by atoms with Gasteiger partial charge in [-0.2, -0.15) is 0 Å². The molecule has 2 aromatic rings. The molecule has 0 aliphatic heterocycles. The van der Waals surface area contributed by atoms with Gasteiger partial charge in [-0.05, 0) is 55.3 Å². The molecule has 2 aromatic carbocycles. The van der Waals surface area contributed by atoms with Crippen LogP contribution in [-0.2, 0) is 9.53 Å². The molecule has 1 unspecified atom stereocenters. The Morgan fingerprint density at radius 2 is 1.75 bits per heavy atom. The van der Waals surface area contributed by atoms with Crippen LogP contribution in [0.15, 0.2) is 36.4 Å². The fraction of sp³-hybridized carbons (Fsp3) is 0.368. The first-order valence-electron chi connectivity index (χ1n) is 7.74. The maximum Gasteiger partial charge on any atom is 0.410 e. The summed E-state index contributed by atoms with van der Waals surface area (Å²) in [6, 6.07) is 10.6. The van der Waals surface area contributed by atoms with Crippen molar-refractivity contribution in [1.29, 1.82) is 0 Å². The highest BCUT2D eigenvalue weighted by Crippen LogP contribution is 2.26. The van der Waals surface area contributed by atoms with Gasteiger partial charge in [0.25, 0.3) is 0 Å². The molecule has 1 amide bonds. The van der Waals surface area contributed by atoms with Crippen LogP contribution in [0, 0.1) is 0 Å². The second-order valence-corrected chi connectivity index (χ2v) is 6.64. The number of aldehydes is 1. The molecule has 0 saturated heterocycles. The SMILES string of the molecule is COc1ccc2cc(C(C=O)N(C)C(=O)OC(C)(C)C)ccc2c1. The number of rotatable bonds is 4. The molecule has 128 valence electrons. The van der Waals surface area contributed by atoms with Gasteiger partial charge in [0.2, 0.25) is 0 Å². The summed E-state index contributed by atoms with van der Waals surface area (Å²) < 4.78 is 10.5. The van der Waals surface area contributed by atoms with Gasteiger partial charge in [0, 0.05) is 7.05 Å². The quantitative estimate of drug-likeness (QED) is 0.797. The van der Waals surface area contributed by atoms with E-state index in [1.54, 1.807) is 34.9 Å². The van der Waals surface area contributed by atoms with Crippen LogP contribution >= 0.6 is 0 Å². The zero-order chi connectivity index (χ0) is 17.9. The van der Waals surface area contributed by atoms with E-state index in [0.717, 1.165) is 28.4 Å². The fourth-order valence-corrected chi connectivity index (χ4v) is 2.39. The standard InChI is InChI=1S/C19H23NO4/c1-19(2,3)24-18(22)20(4)17(12-21)15-7-6-14-11-16(23-5)9-8-13(14)10-15/h6-12,17H,1-5H3. The van der Waals surface area contributed by atoms with E-state index in [2.05, 4.69) is 0 Å². The number of ether oxygens (including phenoxy) is 2. The highest BCUT2D eigenvalue weighted by atomic mass is 16.6. The van der Waals surface area contributed by atoms with E-state index >= 15 is 0 Å². The van der Waals surface area contributed by atoms with Crippen molar-refractivity contribution in [2.75, 3.05) is 14.2 Å². The van der Waals surface area contributed by atoms with Gasteiger partial charge >= 0.3 is 6.09 Å². The van der Waals surface area contributed by atoms with E-state index in [9.17, 15) is 9.59 Å². The number of nitrogens with zero attached hydrogens (tertiary/aromatic N) is 1. The molecule has 0 heterocycles. The Kier molecular flexibility index (Phi) is 5.12. The van der Waals surface area contributed by atoms with Crippen LogP contribution in [0.5, 0.6) is 5.75 Å². The Bertz CT molecular complexity index is 749. The van der Waals surface area contributed by atoms with E-state index in [0.29, 0.717) is 0 Å². The third kappa shape index (κ3) is 4.04. The van der Waals surface area contributed by atoms with E-state index in [4.69, 9.17) is 9.47 Å². The molecule has 2 rings (SSSR count). The molecule has 1 atom stereocenters. The number of hydrogen-bond donors (Lipinski definition) is 0. The lowest BCUT2D eigenvalue weighted by atomic mass is 10.0. The number of amides is 1. The lowest BCUT2D eigenvalue weighted by Gasteiger charge is -2.28. The number of carbonyl (C=O) groups is 2. The maximum atomic E-state index is 12.2. The molecule has 0 aromatic heterocycles. The van der Waals surface area contributed by atoms with Gasteiger partial charge in [-0.3, -0.25) is 4.90 Å². The van der Waals surface area contributed by atoms with Crippen molar-refractivity contribution >= 4 is 23.2 Å². The topological polar surface area (TPSA) is 55.8 Å². The number of fused-ring (bicyclic) bond motifs is 1. The highest BCUT2D eigenvalue weighted by Gasteiger charge is 2.26. The normalized spacial score (nSPS) is 12.5. The van der Waals surface area contributed by atoms with Crippen molar-refractivity contribution in [3.8, 4) is 5.75 Å². The molecule has 24 heavy (non-hydrogen) atoms. The summed E-state index contributed by atoms with van der Waals surface area (Å²) in [5, 5.41) is 1.97. The Morgan fingerprint density at radius 3 is 2.33 bits per heavy atom. The minimum atomic E-state index is -0.702. The first kappa shape index (κ1) is 17.8. The van der Waals surface area contributed by atoms with Crippen LogP contribution in [-0.4, -0.2) is 37.0 Å². The van der Waals surface area contributed by atoms with Gasteiger partial charge in [-0.15, -0.1) is 0 Å². The van der Waals surface area contributed by atoms with Crippen molar-refractivity contribution in [3.05, 3.63) is 42.0 Å². The van der Waals surface area contributed by atoms with Crippen molar-refractivity contribution in [3.63, 3.8) is 0 Å². The average Bonchev–Trinajstić information content (AvgIpc) is 2.53. The summed E-state index contributed by atoms with van der Waals surface area (Å²) in [5.74, 6) is 0.771. The zero-order valence-electron chi connectivity index (χ0n) is 14.7. The first-order chi connectivity index (χ1) is 11.2. The lowest BCUT2D eigenvalue weighted by molar-refractivity contribution is -0.112. The van der Waals surface area contributed by atoms with Crippen molar-refractivity contribution in [2.45, 2.75) is 32.4 Å². The number of methoxy groups -OCH3 is 1. The first-order valence-corrected chi connectivity index (χ1v) is 7.74. The smallest absolute Gasteiger partial charge is 0.410 e. The van der Waals surface area contributed by atoms with Crippen LogP contribution in [0.2, 0.25) is 0 Å². The number of carbonyl (C=O) groups excluding carboxylic acids is 2. The summed E-state index contributed by atoms with van der Waals surface area (Å²) >= 11 is 0. The molecule has 0 fully saturated rings. The van der Waals surface area contributed by atoms with E-state index in [1.165, 1.54) is 4.90 Å². The molecule has 5 heteroatoms. The Balaban J connectivity index is 2.31. The molecule has 0 aliphatic rings. The molecular weight excluding hydrogens is 306 g/mol. The number of hydrogen-bond acceptors (Lipinski definition) is 4. The predicted molar refractivity (Wildman–Crippen MR) is 93.3 cm³/mol. The Morgan fingerprint density at radius 1 is 1.12 bits per heavy atom. The van der Waals surface area contributed by atoms with Gasteiger partial charge in [0.05, 0.1) is 7.11 Å². The second-order valence-electron chi connectivity index (χ2n) is 6.64. The van der Waals surface area contributed by atoms with E-state index in [-0.39, 0.29) is 0 Å². The van der Waals surface area contributed by atoms with Crippen molar-refractivity contribution in [2.24, 2.45) is 0 Å². The van der Waals surface area contributed by atoms with Crippen LogP contribution in [0.3, 0.4) is 0 Å². The highest BCUT2D eigenvalue weighted by molar-refractivity contribution is 5.86. The fourth-order valence-electron chi connectivity index (χ4n) is 2.39. The second kappa shape index (κ2) is 6.91. The molecule has 0 N–H and O–H groups in total. The van der Waals surface area contributed by atoms with Crippen molar-refractivity contribution < 1.29 is 19.1 Å². The van der Waals surface area contributed by atoms with Crippen LogP contribution in [0.25, 0.3) is 10.8 Å². The molecule has 0 radical (unpaired) electrons. The summed E-state index contributed by atoms with van der Waals surface area (Å²) in [6.07, 6.45) is 0.212. The monoisotopic (exact) mass is 329 g/mol. The molecule has 0 saturated carbocycles. The van der Waals surface area contributed by atoms with Gasteiger partial charge in [0.15, 0.2) is 0 Å². The summed E-state index contributed by atoms with van der Waals surface area (Å²) in [6.45, 7) is 5.37. The largest absolute Gasteiger partial charge is 0.497 e. The molecular formula is C19H23NO4. The third-order valence-corrected chi connectivity index (χ3v) is 3.64. The minimum absolute atomic E-state index is 0.533. The van der Waals surface area contributed by atoms with Crippen molar-refractivity contribution in [1.82, 2.24) is 4.90 Å². The van der Waals surface area contributed by atoms with Crippen LogP contribution < -0.4 is 4.74 Å². The molecule has 0 aliphatic carbocycles. The third-order valence-electron chi connectivity index (χ3n) is 3.64. The summed E-state index contributed by atoms with van der Waals surface area (Å²) in [5.41, 5.74) is 0.120. The number of likely N-dealkylation sites (N-methyl/N-ethyl adjacent to an activating group) is 1. The van der Waals surface area contributed by atoms with Gasteiger partial charge in [-0.25, -0.2) is 4.79 Å². The predicted octanol–water partition coefficient (Wildman–Crippen LogP) is 3.96. The van der Waals surface area contributed by atoms with Gasteiger partial charge < -0.3 is 14.3 Å². The van der Waals surface area contributed by atoms with Gasteiger partial charge in [0.1, 0.15) is 23.7 Å². The van der Waals surface area contributed by atoms with Crippen LogP contribution in [0.4, 0.5) is 4.79 Å². The maximum absolute atomic E-state index is 12.2.